The number of benzene rings is 1. The van der Waals surface area contributed by atoms with Crippen LogP contribution in [0.25, 0.3) is 0 Å². The van der Waals surface area contributed by atoms with Crippen molar-refractivity contribution in [3.05, 3.63) is 47.5 Å². The van der Waals surface area contributed by atoms with Crippen molar-refractivity contribution >= 4 is 21.7 Å². The maximum absolute atomic E-state index is 15.7. The summed E-state index contributed by atoms with van der Waals surface area (Å²) in [7, 11) is -3.41. The Balaban J connectivity index is 1.54. The average molecular weight is 546 g/mol. The fourth-order valence-electron chi connectivity index (χ4n) is 4.40. The minimum atomic E-state index is -4.43. The van der Waals surface area contributed by atoms with Gasteiger partial charge in [-0.3, -0.25) is 0 Å². The lowest BCUT2D eigenvalue weighted by molar-refractivity contribution is -0.137. The van der Waals surface area contributed by atoms with E-state index in [0.717, 1.165) is 31.2 Å². The Labute approximate surface area is 213 Å². The molecule has 0 spiro atoms. The molecule has 8 nitrogen and oxygen atoms in total. The summed E-state index contributed by atoms with van der Waals surface area (Å²) < 4.78 is 86.0. The van der Waals surface area contributed by atoms with E-state index >= 15 is 4.39 Å². The van der Waals surface area contributed by atoms with E-state index in [4.69, 9.17) is 4.74 Å². The third kappa shape index (κ3) is 6.88. The van der Waals surface area contributed by atoms with E-state index < -0.39 is 33.0 Å². The number of nitrogens with zero attached hydrogens (tertiary/aromatic N) is 3. The van der Waals surface area contributed by atoms with Crippen molar-refractivity contribution in [1.82, 2.24) is 14.7 Å². The first kappa shape index (κ1) is 27.5. The summed E-state index contributed by atoms with van der Waals surface area (Å²) in [5.41, 5.74) is -1.01. The van der Waals surface area contributed by atoms with E-state index in [0.29, 0.717) is 31.6 Å². The first-order valence-electron chi connectivity index (χ1n) is 12.0. The summed E-state index contributed by atoms with van der Waals surface area (Å²) in [4.78, 5) is 10.0. The van der Waals surface area contributed by atoms with Crippen molar-refractivity contribution in [2.45, 2.75) is 50.9 Å². The standard InChI is InChI=1S/C24H31F4N5O3S/c1-22(7-8-22)33(13-17-3-5-18(6-4-17)24(26,27)28)21-19(25)20(30-16-31-21)29-14-23(9-11-36-12-10-23)15-32-37(2,34)35/h3-6,16,32H,7-15H2,1-2H3,(H,29,30,31). The van der Waals surface area contributed by atoms with Gasteiger partial charge < -0.3 is 15.0 Å². The number of anilines is 2. The normalized spacial score (nSPS) is 18.9. The minimum Gasteiger partial charge on any atom is -0.381 e. The van der Waals surface area contributed by atoms with Crippen molar-refractivity contribution < 1.29 is 30.7 Å². The van der Waals surface area contributed by atoms with Gasteiger partial charge in [0.25, 0.3) is 0 Å². The van der Waals surface area contributed by atoms with Crippen LogP contribution in [0.1, 0.15) is 43.7 Å². The second-order valence-corrected chi connectivity index (χ2v) is 12.0. The quantitative estimate of drug-likeness (QED) is 0.437. The minimum absolute atomic E-state index is 0.0168. The second kappa shape index (κ2) is 10.3. The average Bonchev–Trinajstić information content (AvgIpc) is 3.59. The van der Waals surface area contributed by atoms with Crippen LogP contribution in [0, 0.1) is 11.2 Å². The van der Waals surface area contributed by atoms with Gasteiger partial charge in [0, 0.05) is 43.8 Å². The Kier molecular flexibility index (Phi) is 7.69. The van der Waals surface area contributed by atoms with Crippen LogP contribution >= 0.6 is 0 Å². The molecule has 2 N–H and O–H groups in total. The van der Waals surface area contributed by atoms with Gasteiger partial charge in [0.1, 0.15) is 6.33 Å². The van der Waals surface area contributed by atoms with Gasteiger partial charge in [0.15, 0.2) is 11.6 Å². The molecule has 1 saturated heterocycles. The number of aromatic nitrogens is 2. The second-order valence-electron chi connectivity index (χ2n) is 10.2. The lowest BCUT2D eigenvalue weighted by atomic mass is 9.80. The molecule has 2 aliphatic rings. The maximum atomic E-state index is 15.7. The van der Waals surface area contributed by atoms with Gasteiger partial charge in [-0.05, 0) is 50.3 Å². The SMILES string of the molecule is CC1(N(Cc2ccc(C(F)(F)F)cc2)c2ncnc(NCC3(CNS(C)(=O)=O)CCOCC3)c2F)CC1. The van der Waals surface area contributed by atoms with Crippen LogP contribution < -0.4 is 14.9 Å². The summed E-state index contributed by atoms with van der Waals surface area (Å²) in [5, 5.41) is 3.05. The van der Waals surface area contributed by atoms with Gasteiger partial charge >= 0.3 is 6.18 Å². The molecule has 1 aromatic carbocycles. The van der Waals surface area contributed by atoms with Crippen molar-refractivity contribution in [3.8, 4) is 0 Å². The molecule has 204 valence electrons. The number of nitrogens with one attached hydrogen (secondary N) is 2. The molecule has 0 radical (unpaired) electrons. The number of rotatable bonds is 10. The molecule has 0 atom stereocenters. The summed E-state index contributed by atoms with van der Waals surface area (Å²) >= 11 is 0. The molecule has 37 heavy (non-hydrogen) atoms. The van der Waals surface area contributed by atoms with Gasteiger partial charge in [-0.2, -0.15) is 17.6 Å². The number of sulfonamides is 1. The molecule has 13 heteroatoms. The number of alkyl halides is 3. The zero-order valence-corrected chi connectivity index (χ0v) is 21.6. The van der Waals surface area contributed by atoms with Gasteiger partial charge in [-0.15, -0.1) is 0 Å². The molecular formula is C24H31F4N5O3S. The molecule has 2 heterocycles. The van der Waals surface area contributed by atoms with Crippen molar-refractivity contribution in [2.75, 3.05) is 42.8 Å². The van der Waals surface area contributed by atoms with Gasteiger partial charge in [-0.1, -0.05) is 12.1 Å². The molecule has 2 aromatic rings. The molecular weight excluding hydrogens is 514 g/mol. The highest BCUT2D eigenvalue weighted by Gasteiger charge is 2.45. The number of hydrogen-bond acceptors (Lipinski definition) is 7. The number of hydrogen-bond donors (Lipinski definition) is 2. The highest BCUT2D eigenvalue weighted by molar-refractivity contribution is 7.88. The Hall–Kier alpha value is -2.51. The van der Waals surface area contributed by atoms with E-state index in [-0.39, 0.29) is 36.8 Å². The highest BCUT2D eigenvalue weighted by atomic mass is 32.2. The van der Waals surface area contributed by atoms with Gasteiger partial charge in [-0.25, -0.2) is 23.1 Å². The maximum Gasteiger partial charge on any atom is 0.416 e. The highest BCUT2D eigenvalue weighted by Crippen LogP contribution is 2.45. The van der Waals surface area contributed by atoms with Gasteiger partial charge in [0.05, 0.1) is 11.8 Å². The zero-order valence-electron chi connectivity index (χ0n) is 20.7. The Morgan fingerprint density at radius 3 is 2.27 bits per heavy atom. The fourth-order valence-corrected chi connectivity index (χ4v) is 4.97. The summed E-state index contributed by atoms with van der Waals surface area (Å²) in [6, 6.07) is 4.82. The zero-order chi connectivity index (χ0) is 26.9. The lowest BCUT2D eigenvalue weighted by Gasteiger charge is -2.37. The Bertz CT molecular complexity index is 1200. The lowest BCUT2D eigenvalue weighted by Crippen LogP contribution is -2.45. The first-order chi connectivity index (χ1) is 17.3. The van der Waals surface area contributed by atoms with E-state index in [2.05, 4.69) is 20.0 Å². The monoisotopic (exact) mass is 545 g/mol. The summed E-state index contributed by atoms with van der Waals surface area (Å²) in [6.07, 6.45) is 0.657. The Morgan fingerprint density at radius 1 is 1.05 bits per heavy atom. The van der Waals surface area contributed by atoms with Crippen LogP contribution in [0.5, 0.6) is 0 Å². The molecule has 1 saturated carbocycles. The predicted octanol–water partition coefficient (Wildman–Crippen LogP) is 3.95. The molecule has 0 amide bonds. The Morgan fingerprint density at radius 2 is 1.70 bits per heavy atom. The number of halogens is 4. The van der Waals surface area contributed by atoms with E-state index in [1.807, 2.05) is 6.92 Å². The third-order valence-corrected chi connectivity index (χ3v) is 7.84. The molecule has 4 rings (SSSR count). The van der Waals surface area contributed by atoms with E-state index in [9.17, 15) is 21.6 Å². The van der Waals surface area contributed by atoms with Crippen LogP contribution in [0.15, 0.2) is 30.6 Å². The predicted molar refractivity (Wildman–Crippen MR) is 131 cm³/mol. The van der Waals surface area contributed by atoms with E-state index in [1.54, 1.807) is 4.90 Å². The topological polar surface area (TPSA) is 96.5 Å². The fraction of sp³-hybridized carbons (Fsp3) is 0.583. The third-order valence-electron chi connectivity index (χ3n) is 7.17. The molecule has 2 fully saturated rings. The molecule has 0 bridgehead atoms. The van der Waals surface area contributed by atoms with Crippen molar-refractivity contribution in [1.29, 1.82) is 0 Å². The summed E-state index contributed by atoms with van der Waals surface area (Å²) in [6.45, 7) is 3.51. The first-order valence-corrected chi connectivity index (χ1v) is 13.9. The van der Waals surface area contributed by atoms with Gasteiger partial charge in [0.2, 0.25) is 15.8 Å². The van der Waals surface area contributed by atoms with Crippen LogP contribution in [-0.4, -0.2) is 56.5 Å². The molecule has 0 unspecified atom stereocenters. The van der Waals surface area contributed by atoms with Crippen LogP contribution in [0.4, 0.5) is 29.2 Å². The summed E-state index contributed by atoms with van der Waals surface area (Å²) in [5.74, 6) is -0.620. The largest absolute Gasteiger partial charge is 0.416 e. The number of ether oxygens (including phenoxy) is 1. The van der Waals surface area contributed by atoms with Crippen molar-refractivity contribution in [2.24, 2.45) is 5.41 Å². The van der Waals surface area contributed by atoms with E-state index in [1.165, 1.54) is 18.5 Å². The molecule has 1 aromatic heterocycles. The van der Waals surface area contributed by atoms with Crippen LogP contribution in [0.2, 0.25) is 0 Å². The van der Waals surface area contributed by atoms with Crippen LogP contribution in [-0.2, 0) is 27.5 Å². The molecule has 1 aliphatic heterocycles. The van der Waals surface area contributed by atoms with Crippen molar-refractivity contribution in [3.63, 3.8) is 0 Å². The van der Waals surface area contributed by atoms with Crippen LogP contribution in [0.3, 0.4) is 0 Å². The molecule has 1 aliphatic carbocycles. The smallest absolute Gasteiger partial charge is 0.381 e.